The smallest absolute Gasteiger partial charge is 0.278 e. The molecule has 1 heterocycles. The second kappa shape index (κ2) is 5.35. The zero-order valence-electron chi connectivity index (χ0n) is 12.0. The van der Waals surface area contributed by atoms with Gasteiger partial charge in [0.05, 0.1) is 5.69 Å². The highest BCUT2D eigenvalue weighted by atomic mass is 19.2. The van der Waals surface area contributed by atoms with E-state index >= 15 is 0 Å². The summed E-state index contributed by atoms with van der Waals surface area (Å²) in [6, 6.07) is 9.55. The molecule has 2 amide bonds. The number of nitrogens with one attached hydrogen (secondary N) is 2. The first-order valence-corrected chi connectivity index (χ1v) is 6.76. The third-order valence-electron chi connectivity index (χ3n) is 3.49. The van der Waals surface area contributed by atoms with E-state index in [-0.39, 0.29) is 5.69 Å². The van der Waals surface area contributed by atoms with Crippen LogP contribution in [0.1, 0.15) is 6.92 Å². The number of carbonyl (C=O) groups is 2. The van der Waals surface area contributed by atoms with Gasteiger partial charge in [-0.15, -0.1) is 0 Å². The molecule has 2 aromatic rings. The van der Waals surface area contributed by atoms with Gasteiger partial charge in [-0.2, -0.15) is 0 Å². The highest BCUT2D eigenvalue weighted by molar-refractivity contribution is 6.18. The molecule has 118 valence electrons. The van der Waals surface area contributed by atoms with Crippen molar-refractivity contribution in [1.29, 1.82) is 0 Å². The summed E-state index contributed by atoms with van der Waals surface area (Å²) in [7, 11) is 0. The van der Waals surface area contributed by atoms with E-state index in [9.17, 15) is 18.4 Å². The van der Waals surface area contributed by atoms with E-state index in [0.29, 0.717) is 11.4 Å². The van der Waals surface area contributed by atoms with Crippen molar-refractivity contribution in [3.63, 3.8) is 0 Å². The molecule has 1 atom stereocenters. The third-order valence-corrected chi connectivity index (χ3v) is 3.49. The third kappa shape index (κ3) is 2.61. The van der Waals surface area contributed by atoms with Crippen LogP contribution in [0, 0.1) is 11.6 Å². The van der Waals surface area contributed by atoms with Gasteiger partial charge in [0.2, 0.25) is 0 Å². The predicted molar refractivity (Wildman–Crippen MR) is 79.1 cm³/mol. The molecule has 0 radical (unpaired) electrons. The Hall–Kier alpha value is -2.96. The van der Waals surface area contributed by atoms with Gasteiger partial charge >= 0.3 is 0 Å². The van der Waals surface area contributed by atoms with Gasteiger partial charge in [-0.1, -0.05) is 12.1 Å². The lowest BCUT2D eigenvalue weighted by molar-refractivity contribution is -0.143. The van der Waals surface area contributed by atoms with E-state index in [1.807, 2.05) is 0 Å². The minimum absolute atomic E-state index is 0.0189. The highest BCUT2D eigenvalue weighted by Crippen LogP contribution is 2.33. The van der Waals surface area contributed by atoms with Crippen LogP contribution in [0.5, 0.6) is 5.75 Å². The maximum absolute atomic E-state index is 13.2. The Morgan fingerprint density at radius 1 is 1.17 bits per heavy atom. The number of anilines is 2. The summed E-state index contributed by atoms with van der Waals surface area (Å²) in [6.07, 6.45) is 0. The second-order valence-corrected chi connectivity index (χ2v) is 5.17. The molecule has 0 spiro atoms. The van der Waals surface area contributed by atoms with Crippen molar-refractivity contribution < 1.29 is 23.1 Å². The molecule has 1 aliphatic heterocycles. The van der Waals surface area contributed by atoms with Crippen LogP contribution in [0.3, 0.4) is 0 Å². The van der Waals surface area contributed by atoms with Gasteiger partial charge in [0.15, 0.2) is 11.6 Å². The van der Waals surface area contributed by atoms with Gasteiger partial charge in [-0.25, -0.2) is 8.78 Å². The topological polar surface area (TPSA) is 67.4 Å². The van der Waals surface area contributed by atoms with Crippen LogP contribution in [0.15, 0.2) is 42.5 Å². The molecular formula is C16H12F2N2O3. The highest BCUT2D eigenvalue weighted by Gasteiger charge is 2.47. The van der Waals surface area contributed by atoms with Crippen molar-refractivity contribution in [2.75, 3.05) is 10.6 Å². The molecule has 0 aliphatic carbocycles. The number of hydrogen-bond donors (Lipinski definition) is 2. The van der Waals surface area contributed by atoms with Crippen molar-refractivity contribution in [2.24, 2.45) is 0 Å². The van der Waals surface area contributed by atoms with Crippen LogP contribution in [0.4, 0.5) is 20.2 Å². The molecular weight excluding hydrogens is 306 g/mol. The monoisotopic (exact) mass is 318 g/mol. The normalized spacial score (nSPS) is 19.3. The zero-order valence-corrected chi connectivity index (χ0v) is 12.0. The fourth-order valence-corrected chi connectivity index (χ4v) is 2.14. The van der Waals surface area contributed by atoms with E-state index in [1.54, 1.807) is 24.3 Å². The molecule has 0 saturated carbocycles. The van der Waals surface area contributed by atoms with Gasteiger partial charge in [0, 0.05) is 11.8 Å². The lowest BCUT2D eigenvalue weighted by Crippen LogP contribution is -2.56. The average Bonchev–Trinajstić information content (AvgIpc) is 2.52. The molecule has 0 bridgehead atoms. The van der Waals surface area contributed by atoms with Crippen LogP contribution in [-0.4, -0.2) is 17.4 Å². The van der Waals surface area contributed by atoms with Crippen LogP contribution >= 0.6 is 0 Å². The van der Waals surface area contributed by atoms with E-state index < -0.39 is 29.0 Å². The number of amides is 2. The lowest BCUT2D eigenvalue weighted by atomic mass is 10.0. The first-order chi connectivity index (χ1) is 10.9. The Labute approximate surface area is 130 Å². The Bertz CT molecular complexity index is 810. The van der Waals surface area contributed by atoms with Crippen LogP contribution in [-0.2, 0) is 9.59 Å². The molecule has 0 aromatic heterocycles. The summed E-state index contributed by atoms with van der Waals surface area (Å²) >= 11 is 0. The minimum Gasteiger partial charge on any atom is -0.466 e. The van der Waals surface area contributed by atoms with Gasteiger partial charge < -0.3 is 15.4 Å². The van der Waals surface area contributed by atoms with Crippen molar-refractivity contribution in [3.8, 4) is 5.75 Å². The minimum atomic E-state index is -1.83. The largest absolute Gasteiger partial charge is 0.466 e. The molecule has 2 N–H and O–H groups in total. The maximum atomic E-state index is 13.2. The number of halogens is 2. The van der Waals surface area contributed by atoms with Crippen LogP contribution in [0.25, 0.3) is 0 Å². The number of rotatable bonds is 2. The van der Waals surface area contributed by atoms with Crippen molar-refractivity contribution >= 4 is 23.2 Å². The van der Waals surface area contributed by atoms with E-state index in [2.05, 4.69) is 10.6 Å². The molecule has 3 rings (SSSR count). The molecule has 1 unspecified atom stereocenters. The summed E-state index contributed by atoms with van der Waals surface area (Å²) in [4.78, 5) is 24.6. The number of benzene rings is 2. The van der Waals surface area contributed by atoms with Crippen molar-refractivity contribution in [3.05, 3.63) is 54.1 Å². The fraction of sp³-hybridized carbons (Fsp3) is 0.125. The second-order valence-electron chi connectivity index (χ2n) is 5.17. The van der Waals surface area contributed by atoms with Crippen LogP contribution < -0.4 is 15.4 Å². The van der Waals surface area contributed by atoms with E-state index in [1.165, 1.54) is 13.0 Å². The van der Waals surface area contributed by atoms with Gasteiger partial charge in [0.25, 0.3) is 17.4 Å². The Morgan fingerprint density at radius 2 is 1.91 bits per heavy atom. The SMILES string of the molecule is CC1(C(=O)Nc2ccc(F)c(F)c2)Oc2ccccc2NC1=O. The molecule has 1 aliphatic rings. The predicted octanol–water partition coefficient (Wildman–Crippen LogP) is 2.69. The van der Waals surface area contributed by atoms with Crippen molar-refractivity contribution in [1.82, 2.24) is 0 Å². The quantitative estimate of drug-likeness (QED) is 0.837. The summed E-state index contributed by atoms with van der Waals surface area (Å²) in [5, 5.41) is 4.93. The first-order valence-electron chi connectivity index (χ1n) is 6.76. The van der Waals surface area contributed by atoms with Gasteiger partial charge in [0.1, 0.15) is 5.75 Å². The Balaban J connectivity index is 1.86. The fourth-order valence-electron chi connectivity index (χ4n) is 2.14. The molecule has 0 saturated heterocycles. The standard InChI is InChI=1S/C16H12F2N2O3/c1-16(14(21)19-9-6-7-10(17)11(18)8-9)15(22)20-12-4-2-3-5-13(12)23-16/h2-8H,1H3,(H,19,21)(H,20,22). The number of para-hydroxylation sites is 2. The number of hydrogen-bond acceptors (Lipinski definition) is 3. The molecule has 7 heteroatoms. The van der Waals surface area contributed by atoms with Gasteiger partial charge in [-0.05, 0) is 31.2 Å². The molecule has 2 aromatic carbocycles. The summed E-state index contributed by atoms with van der Waals surface area (Å²) in [6.45, 7) is 1.30. The van der Waals surface area contributed by atoms with Gasteiger partial charge in [-0.3, -0.25) is 9.59 Å². The Morgan fingerprint density at radius 3 is 2.65 bits per heavy atom. The number of fused-ring (bicyclic) bond motifs is 1. The molecule has 5 nitrogen and oxygen atoms in total. The maximum Gasteiger partial charge on any atom is 0.278 e. The first kappa shape index (κ1) is 15.0. The summed E-state index contributed by atoms with van der Waals surface area (Å²) < 4.78 is 31.6. The number of ether oxygens (including phenoxy) is 1. The summed E-state index contributed by atoms with van der Waals surface area (Å²) in [5.41, 5.74) is -1.36. The van der Waals surface area contributed by atoms with Crippen LogP contribution in [0.2, 0.25) is 0 Å². The molecule has 23 heavy (non-hydrogen) atoms. The lowest BCUT2D eigenvalue weighted by Gasteiger charge is -2.33. The van der Waals surface area contributed by atoms with E-state index in [0.717, 1.165) is 12.1 Å². The van der Waals surface area contributed by atoms with Crippen molar-refractivity contribution in [2.45, 2.75) is 12.5 Å². The Kier molecular flexibility index (Phi) is 3.48. The van der Waals surface area contributed by atoms with E-state index in [4.69, 9.17) is 4.74 Å². The number of carbonyl (C=O) groups excluding carboxylic acids is 2. The zero-order chi connectivity index (χ0) is 16.6. The summed E-state index contributed by atoms with van der Waals surface area (Å²) in [5.74, 6) is -3.25. The average molecular weight is 318 g/mol. The molecule has 0 fully saturated rings.